The second kappa shape index (κ2) is 4.69. The number of hydrogen-bond acceptors (Lipinski definition) is 5. The number of aromatic nitrogens is 2. The van der Waals surface area contributed by atoms with E-state index in [0.29, 0.717) is 11.6 Å². The Balaban J connectivity index is 2.30. The van der Waals surface area contributed by atoms with Crippen molar-refractivity contribution in [2.75, 3.05) is 30.0 Å². The molecule has 0 fully saturated rings. The fourth-order valence-corrected chi connectivity index (χ4v) is 1.55. The lowest BCUT2D eigenvalue weighted by atomic mass is 10.2. The molecule has 0 aliphatic carbocycles. The first-order chi connectivity index (χ1) is 8.16. The van der Waals surface area contributed by atoms with Crippen LogP contribution in [0.3, 0.4) is 0 Å². The predicted octanol–water partition coefficient (Wildman–Crippen LogP) is 1.87. The number of nitrogen functional groups attached to an aromatic ring is 1. The molecule has 0 amide bonds. The van der Waals surface area contributed by atoms with Crippen molar-refractivity contribution >= 4 is 23.0 Å². The van der Waals surface area contributed by atoms with Crippen LogP contribution in [0.25, 0.3) is 0 Å². The van der Waals surface area contributed by atoms with E-state index in [9.17, 15) is 0 Å². The Hall–Kier alpha value is -2.30. The van der Waals surface area contributed by atoms with Crippen LogP contribution in [0.4, 0.5) is 23.0 Å². The molecule has 3 N–H and O–H groups in total. The van der Waals surface area contributed by atoms with Gasteiger partial charge >= 0.3 is 0 Å². The molecular formula is C12H15N5. The molecule has 0 aliphatic heterocycles. The zero-order valence-corrected chi connectivity index (χ0v) is 9.88. The van der Waals surface area contributed by atoms with E-state index in [0.717, 1.165) is 11.4 Å². The van der Waals surface area contributed by atoms with Gasteiger partial charge in [-0.1, -0.05) is 12.1 Å². The zero-order chi connectivity index (χ0) is 12.3. The average molecular weight is 229 g/mol. The van der Waals surface area contributed by atoms with Gasteiger partial charge < -0.3 is 16.0 Å². The van der Waals surface area contributed by atoms with Gasteiger partial charge in [-0.05, 0) is 12.1 Å². The second-order valence-corrected chi connectivity index (χ2v) is 3.86. The van der Waals surface area contributed by atoms with Crippen LogP contribution in [0, 0.1) is 0 Å². The van der Waals surface area contributed by atoms with Crippen LogP contribution >= 0.6 is 0 Å². The average Bonchev–Trinajstić information content (AvgIpc) is 2.29. The number of benzene rings is 1. The molecule has 0 aliphatic rings. The van der Waals surface area contributed by atoms with Crippen LogP contribution in [-0.4, -0.2) is 24.1 Å². The van der Waals surface area contributed by atoms with E-state index in [-0.39, 0.29) is 0 Å². The van der Waals surface area contributed by atoms with Gasteiger partial charge in [0.2, 0.25) is 0 Å². The summed E-state index contributed by atoms with van der Waals surface area (Å²) >= 11 is 0. The second-order valence-electron chi connectivity index (χ2n) is 3.86. The number of para-hydroxylation sites is 2. The van der Waals surface area contributed by atoms with Gasteiger partial charge in [0.05, 0.1) is 11.4 Å². The maximum atomic E-state index is 5.61. The molecule has 0 spiro atoms. The minimum Gasteiger partial charge on any atom is -0.384 e. The standard InChI is InChI=1S/C12H15N5/c1-17(2)10-6-4-3-5-9(10)16-12-7-11(13)14-8-15-12/h3-8H,1-2H3,(H3,13,14,15,16). The molecule has 2 rings (SSSR count). The van der Waals surface area contributed by atoms with Crippen molar-refractivity contribution in [2.24, 2.45) is 0 Å². The maximum Gasteiger partial charge on any atom is 0.135 e. The summed E-state index contributed by atoms with van der Waals surface area (Å²) in [6.45, 7) is 0. The fourth-order valence-electron chi connectivity index (χ4n) is 1.55. The van der Waals surface area contributed by atoms with Crippen molar-refractivity contribution in [2.45, 2.75) is 0 Å². The third-order valence-electron chi connectivity index (χ3n) is 2.34. The van der Waals surface area contributed by atoms with E-state index in [2.05, 4.69) is 15.3 Å². The van der Waals surface area contributed by atoms with E-state index in [1.54, 1.807) is 6.07 Å². The summed E-state index contributed by atoms with van der Waals surface area (Å²) in [4.78, 5) is 10.0. The van der Waals surface area contributed by atoms with Crippen molar-refractivity contribution in [3.63, 3.8) is 0 Å². The normalized spacial score (nSPS) is 10.0. The lowest BCUT2D eigenvalue weighted by Crippen LogP contribution is -2.11. The number of rotatable bonds is 3. The minimum atomic E-state index is 0.449. The van der Waals surface area contributed by atoms with Gasteiger partial charge in [0.1, 0.15) is 18.0 Å². The molecule has 2 aromatic rings. The Morgan fingerprint density at radius 1 is 1.18 bits per heavy atom. The quantitative estimate of drug-likeness (QED) is 0.841. The summed E-state index contributed by atoms with van der Waals surface area (Å²) in [6, 6.07) is 9.70. The molecule has 0 radical (unpaired) electrons. The Labute approximate surface area is 100 Å². The number of nitrogens with zero attached hydrogens (tertiary/aromatic N) is 3. The van der Waals surface area contributed by atoms with Crippen LogP contribution in [0.15, 0.2) is 36.7 Å². The van der Waals surface area contributed by atoms with Crippen molar-refractivity contribution in [3.8, 4) is 0 Å². The molecule has 0 atom stereocenters. The molecule has 5 heteroatoms. The zero-order valence-electron chi connectivity index (χ0n) is 9.88. The van der Waals surface area contributed by atoms with Gasteiger partial charge in [0.25, 0.3) is 0 Å². The Bertz CT molecular complexity index is 510. The topological polar surface area (TPSA) is 67.1 Å². The lowest BCUT2D eigenvalue weighted by molar-refractivity contribution is 1.13. The van der Waals surface area contributed by atoms with Gasteiger partial charge in [-0.2, -0.15) is 0 Å². The summed E-state index contributed by atoms with van der Waals surface area (Å²) < 4.78 is 0. The van der Waals surface area contributed by atoms with Gasteiger partial charge in [-0.25, -0.2) is 9.97 Å². The third kappa shape index (κ3) is 2.63. The van der Waals surface area contributed by atoms with Crippen molar-refractivity contribution in [3.05, 3.63) is 36.7 Å². The highest BCUT2D eigenvalue weighted by Crippen LogP contribution is 2.26. The molecule has 1 aromatic carbocycles. The summed E-state index contributed by atoms with van der Waals surface area (Å²) in [7, 11) is 3.99. The molecule has 0 bridgehead atoms. The highest BCUT2D eigenvalue weighted by Gasteiger charge is 2.04. The van der Waals surface area contributed by atoms with E-state index in [1.165, 1.54) is 6.33 Å². The van der Waals surface area contributed by atoms with Crippen LogP contribution in [-0.2, 0) is 0 Å². The van der Waals surface area contributed by atoms with Crippen LogP contribution < -0.4 is 16.0 Å². The van der Waals surface area contributed by atoms with Crippen LogP contribution in [0.5, 0.6) is 0 Å². The molecule has 17 heavy (non-hydrogen) atoms. The summed E-state index contributed by atoms with van der Waals surface area (Å²) in [6.07, 6.45) is 1.44. The highest BCUT2D eigenvalue weighted by atomic mass is 15.1. The predicted molar refractivity (Wildman–Crippen MR) is 70.5 cm³/mol. The van der Waals surface area contributed by atoms with E-state index in [1.807, 2.05) is 43.3 Å². The molecule has 1 heterocycles. The van der Waals surface area contributed by atoms with E-state index < -0.39 is 0 Å². The van der Waals surface area contributed by atoms with Gasteiger partial charge in [-0.3, -0.25) is 0 Å². The summed E-state index contributed by atoms with van der Waals surface area (Å²) in [5.74, 6) is 1.14. The van der Waals surface area contributed by atoms with Gasteiger partial charge in [0.15, 0.2) is 0 Å². The lowest BCUT2D eigenvalue weighted by Gasteiger charge is -2.17. The number of anilines is 4. The third-order valence-corrected chi connectivity index (χ3v) is 2.34. The molecule has 0 unspecified atom stereocenters. The largest absolute Gasteiger partial charge is 0.384 e. The Morgan fingerprint density at radius 2 is 1.94 bits per heavy atom. The van der Waals surface area contributed by atoms with Crippen LogP contribution in [0.1, 0.15) is 0 Å². The molecule has 1 aromatic heterocycles. The maximum absolute atomic E-state index is 5.61. The Kier molecular flexibility index (Phi) is 3.09. The molecular weight excluding hydrogens is 214 g/mol. The van der Waals surface area contributed by atoms with Crippen molar-refractivity contribution < 1.29 is 0 Å². The fraction of sp³-hybridized carbons (Fsp3) is 0.167. The molecule has 0 saturated heterocycles. The summed E-state index contributed by atoms with van der Waals surface area (Å²) in [5.41, 5.74) is 7.68. The molecule has 5 nitrogen and oxygen atoms in total. The summed E-state index contributed by atoms with van der Waals surface area (Å²) in [5, 5.41) is 3.22. The van der Waals surface area contributed by atoms with Crippen LogP contribution in [0.2, 0.25) is 0 Å². The SMILES string of the molecule is CN(C)c1ccccc1Nc1cc(N)ncn1. The smallest absolute Gasteiger partial charge is 0.135 e. The van der Waals surface area contributed by atoms with Gasteiger partial charge in [-0.15, -0.1) is 0 Å². The highest BCUT2D eigenvalue weighted by molar-refractivity contribution is 5.74. The van der Waals surface area contributed by atoms with Gasteiger partial charge in [0, 0.05) is 20.2 Å². The monoisotopic (exact) mass is 229 g/mol. The molecule has 88 valence electrons. The first kappa shape index (κ1) is 11.2. The number of nitrogens with two attached hydrogens (primary N) is 1. The van der Waals surface area contributed by atoms with Crippen molar-refractivity contribution in [1.82, 2.24) is 9.97 Å². The number of nitrogens with one attached hydrogen (secondary N) is 1. The first-order valence-corrected chi connectivity index (χ1v) is 5.28. The minimum absolute atomic E-state index is 0.449. The van der Waals surface area contributed by atoms with E-state index >= 15 is 0 Å². The number of hydrogen-bond donors (Lipinski definition) is 2. The van der Waals surface area contributed by atoms with E-state index in [4.69, 9.17) is 5.73 Å². The van der Waals surface area contributed by atoms with Crippen molar-refractivity contribution in [1.29, 1.82) is 0 Å². The first-order valence-electron chi connectivity index (χ1n) is 5.28. The molecule has 0 saturated carbocycles. The Morgan fingerprint density at radius 3 is 2.65 bits per heavy atom.